The van der Waals surface area contributed by atoms with Crippen LogP contribution in [0.1, 0.15) is 62.2 Å². The Morgan fingerprint density at radius 1 is 1.04 bits per heavy atom. The lowest BCUT2D eigenvalue weighted by molar-refractivity contribution is -0.131. The van der Waals surface area contributed by atoms with Crippen molar-refractivity contribution in [3.63, 3.8) is 0 Å². The molecule has 1 aliphatic heterocycles. The van der Waals surface area contributed by atoms with Crippen molar-refractivity contribution in [2.24, 2.45) is 0 Å². The first-order valence-corrected chi connectivity index (χ1v) is 11.2. The minimum atomic E-state index is 0.315. The largest absolute Gasteiger partial charge is 0.352 e. The molecular weight excluding hydrogens is 356 g/mol. The number of fused-ring (bicyclic) bond motifs is 1. The number of anilines is 1. The number of hydrogen-bond acceptors (Lipinski definition) is 5. The third-order valence-electron chi connectivity index (χ3n) is 5.55. The van der Waals surface area contributed by atoms with Gasteiger partial charge in [-0.3, -0.25) is 4.79 Å². The summed E-state index contributed by atoms with van der Waals surface area (Å²) in [6, 6.07) is 0. The van der Waals surface area contributed by atoms with Gasteiger partial charge in [-0.25, -0.2) is 9.97 Å². The van der Waals surface area contributed by atoms with Gasteiger partial charge < -0.3 is 9.80 Å². The number of amides is 1. The average Bonchev–Trinajstić information content (AvgIpc) is 2.98. The number of aromatic nitrogens is 2. The SMILES string of the molecule is CCCCCCC(=O)N1CCN(c2nc(CC)nc3sc(C)c(C)c23)CC1. The van der Waals surface area contributed by atoms with Gasteiger partial charge in [-0.05, 0) is 25.8 Å². The topological polar surface area (TPSA) is 49.3 Å². The highest BCUT2D eigenvalue weighted by Gasteiger charge is 2.25. The zero-order chi connectivity index (χ0) is 19.4. The molecule has 1 saturated heterocycles. The van der Waals surface area contributed by atoms with Crippen molar-refractivity contribution < 1.29 is 4.79 Å². The monoisotopic (exact) mass is 388 g/mol. The Kier molecular flexibility index (Phi) is 6.68. The van der Waals surface area contributed by atoms with E-state index >= 15 is 0 Å². The van der Waals surface area contributed by atoms with Crippen LogP contribution in [0.25, 0.3) is 10.2 Å². The third-order valence-corrected chi connectivity index (χ3v) is 6.65. The number of rotatable bonds is 7. The predicted octanol–water partition coefficient (Wildman–Crippen LogP) is 4.49. The number of thiophene rings is 1. The fourth-order valence-corrected chi connectivity index (χ4v) is 4.73. The van der Waals surface area contributed by atoms with E-state index in [4.69, 9.17) is 9.97 Å². The number of nitrogens with zero attached hydrogens (tertiary/aromatic N) is 4. The molecule has 0 saturated carbocycles. The summed E-state index contributed by atoms with van der Waals surface area (Å²) in [5, 5.41) is 1.20. The Morgan fingerprint density at radius 2 is 1.78 bits per heavy atom. The fourth-order valence-electron chi connectivity index (χ4n) is 3.69. The van der Waals surface area contributed by atoms with Gasteiger partial charge in [0.2, 0.25) is 5.91 Å². The van der Waals surface area contributed by atoms with E-state index in [9.17, 15) is 4.79 Å². The smallest absolute Gasteiger partial charge is 0.222 e. The number of unbranched alkanes of at least 4 members (excludes halogenated alkanes) is 3. The first-order chi connectivity index (χ1) is 13.0. The molecule has 27 heavy (non-hydrogen) atoms. The van der Waals surface area contributed by atoms with Gasteiger partial charge in [0.15, 0.2) is 0 Å². The average molecular weight is 389 g/mol. The van der Waals surface area contributed by atoms with Crippen LogP contribution < -0.4 is 4.90 Å². The summed E-state index contributed by atoms with van der Waals surface area (Å²) in [7, 11) is 0. The van der Waals surface area contributed by atoms with Crippen LogP contribution in [-0.2, 0) is 11.2 Å². The minimum absolute atomic E-state index is 0.315. The molecule has 0 atom stereocenters. The lowest BCUT2D eigenvalue weighted by atomic mass is 10.1. The molecule has 0 bridgehead atoms. The summed E-state index contributed by atoms with van der Waals surface area (Å²) < 4.78 is 0. The molecule has 1 aliphatic rings. The summed E-state index contributed by atoms with van der Waals surface area (Å²) in [5.41, 5.74) is 1.29. The van der Waals surface area contributed by atoms with E-state index in [1.165, 1.54) is 28.7 Å². The van der Waals surface area contributed by atoms with Crippen molar-refractivity contribution in [3.8, 4) is 0 Å². The van der Waals surface area contributed by atoms with E-state index < -0.39 is 0 Å². The Bertz CT molecular complexity index is 793. The standard InChI is InChI=1S/C21H32N4OS/c1-5-7-8-9-10-18(26)24-11-13-25(14-12-24)20-19-15(3)16(4)27-21(19)23-17(6-2)22-20/h5-14H2,1-4H3. The molecule has 0 unspecified atom stereocenters. The molecule has 6 heteroatoms. The van der Waals surface area contributed by atoms with Crippen molar-refractivity contribution >= 4 is 33.3 Å². The van der Waals surface area contributed by atoms with E-state index in [-0.39, 0.29) is 0 Å². The molecule has 2 aromatic heterocycles. The molecular formula is C21H32N4OS. The van der Waals surface area contributed by atoms with Crippen molar-refractivity contribution in [3.05, 3.63) is 16.3 Å². The van der Waals surface area contributed by atoms with Crippen molar-refractivity contribution in [2.45, 2.75) is 66.2 Å². The maximum atomic E-state index is 12.5. The number of piperazine rings is 1. The highest BCUT2D eigenvalue weighted by atomic mass is 32.1. The quantitative estimate of drug-likeness (QED) is 0.656. The van der Waals surface area contributed by atoms with Gasteiger partial charge in [0.1, 0.15) is 16.5 Å². The molecule has 0 aliphatic carbocycles. The summed E-state index contributed by atoms with van der Waals surface area (Å²) in [5.74, 6) is 2.29. The maximum Gasteiger partial charge on any atom is 0.222 e. The fraction of sp³-hybridized carbons (Fsp3) is 0.667. The summed E-state index contributed by atoms with van der Waals surface area (Å²) >= 11 is 1.76. The van der Waals surface area contributed by atoms with Gasteiger partial charge in [-0.1, -0.05) is 33.1 Å². The van der Waals surface area contributed by atoms with Crippen LogP contribution in [0.4, 0.5) is 5.82 Å². The molecule has 0 N–H and O–H groups in total. The number of carbonyl (C=O) groups excluding carboxylic acids is 1. The van der Waals surface area contributed by atoms with Crippen LogP contribution in [0, 0.1) is 13.8 Å². The second-order valence-corrected chi connectivity index (χ2v) is 8.66. The second kappa shape index (κ2) is 9.00. The Labute approximate surface area is 166 Å². The van der Waals surface area contributed by atoms with Gasteiger partial charge in [-0.2, -0.15) is 0 Å². The van der Waals surface area contributed by atoms with Crippen LogP contribution in [0.2, 0.25) is 0 Å². The highest BCUT2D eigenvalue weighted by molar-refractivity contribution is 7.18. The zero-order valence-corrected chi connectivity index (χ0v) is 18.0. The van der Waals surface area contributed by atoms with E-state index in [0.717, 1.165) is 61.9 Å². The maximum absolute atomic E-state index is 12.5. The number of hydrogen-bond donors (Lipinski definition) is 0. The normalized spacial score (nSPS) is 15.0. The van der Waals surface area contributed by atoms with Crippen LogP contribution in [0.5, 0.6) is 0 Å². The molecule has 3 rings (SSSR count). The molecule has 0 aromatic carbocycles. The van der Waals surface area contributed by atoms with Crippen molar-refractivity contribution in [1.29, 1.82) is 0 Å². The highest BCUT2D eigenvalue weighted by Crippen LogP contribution is 2.35. The van der Waals surface area contributed by atoms with Crippen molar-refractivity contribution in [1.82, 2.24) is 14.9 Å². The van der Waals surface area contributed by atoms with Crippen LogP contribution in [-0.4, -0.2) is 47.0 Å². The van der Waals surface area contributed by atoms with E-state index in [1.807, 2.05) is 4.90 Å². The molecule has 5 nitrogen and oxygen atoms in total. The summed E-state index contributed by atoms with van der Waals surface area (Å²) in [6.07, 6.45) is 6.16. The van der Waals surface area contributed by atoms with Gasteiger partial charge in [0.05, 0.1) is 5.39 Å². The second-order valence-electron chi connectivity index (χ2n) is 7.46. The van der Waals surface area contributed by atoms with Crippen LogP contribution in [0.3, 0.4) is 0 Å². The Morgan fingerprint density at radius 3 is 2.44 bits per heavy atom. The van der Waals surface area contributed by atoms with Crippen molar-refractivity contribution in [2.75, 3.05) is 31.1 Å². The summed E-state index contributed by atoms with van der Waals surface area (Å²) in [6.45, 7) is 11.9. The van der Waals surface area contributed by atoms with E-state index in [2.05, 4.69) is 32.6 Å². The molecule has 1 fully saturated rings. The Hall–Kier alpha value is -1.69. The van der Waals surface area contributed by atoms with Gasteiger partial charge in [-0.15, -0.1) is 11.3 Å². The molecule has 2 aromatic rings. The zero-order valence-electron chi connectivity index (χ0n) is 17.2. The van der Waals surface area contributed by atoms with E-state index in [0.29, 0.717) is 12.3 Å². The molecule has 3 heterocycles. The molecule has 0 radical (unpaired) electrons. The lowest BCUT2D eigenvalue weighted by Gasteiger charge is -2.36. The van der Waals surface area contributed by atoms with E-state index in [1.54, 1.807) is 11.3 Å². The third kappa shape index (κ3) is 4.42. The summed E-state index contributed by atoms with van der Waals surface area (Å²) in [4.78, 5) is 28.9. The van der Waals surface area contributed by atoms with Gasteiger partial charge in [0, 0.05) is 43.9 Å². The minimum Gasteiger partial charge on any atom is -0.352 e. The molecule has 0 spiro atoms. The Balaban J connectivity index is 1.70. The first-order valence-electron chi connectivity index (χ1n) is 10.3. The number of aryl methyl sites for hydroxylation is 3. The first kappa shape index (κ1) is 20.1. The molecule has 148 valence electrons. The van der Waals surface area contributed by atoms with Crippen LogP contribution in [0.15, 0.2) is 0 Å². The van der Waals surface area contributed by atoms with Crippen LogP contribution >= 0.6 is 11.3 Å². The van der Waals surface area contributed by atoms with Gasteiger partial charge in [0.25, 0.3) is 0 Å². The number of carbonyl (C=O) groups is 1. The lowest BCUT2D eigenvalue weighted by Crippen LogP contribution is -2.49. The predicted molar refractivity (Wildman–Crippen MR) is 114 cm³/mol. The van der Waals surface area contributed by atoms with Gasteiger partial charge >= 0.3 is 0 Å². The molecule has 1 amide bonds.